The molecule has 0 bridgehead atoms. The number of carbonyl (C=O) groups is 2. The molecule has 2 rings (SSSR count). The summed E-state index contributed by atoms with van der Waals surface area (Å²) in [5.74, 6) is 0.0576. The topological polar surface area (TPSA) is 58.2 Å². The molecule has 0 unspecified atom stereocenters. The van der Waals surface area contributed by atoms with E-state index in [0.29, 0.717) is 22.2 Å². The van der Waals surface area contributed by atoms with Crippen molar-refractivity contribution in [1.29, 1.82) is 0 Å². The summed E-state index contributed by atoms with van der Waals surface area (Å²) in [4.78, 5) is 25.1. The predicted molar refractivity (Wildman–Crippen MR) is 115 cm³/mol. The van der Waals surface area contributed by atoms with Crippen LogP contribution in [0.25, 0.3) is 0 Å². The number of halogens is 2. The summed E-state index contributed by atoms with van der Waals surface area (Å²) < 4.78 is 0. The summed E-state index contributed by atoms with van der Waals surface area (Å²) in [6, 6.07) is 12.4. The molecule has 0 spiro atoms. The summed E-state index contributed by atoms with van der Waals surface area (Å²) in [6.45, 7) is 6.06. The van der Waals surface area contributed by atoms with Crippen molar-refractivity contribution in [3.05, 3.63) is 52.5 Å². The second kappa shape index (κ2) is 9.49. The molecule has 2 N–H and O–H groups in total. The third-order valence-corrected chi connectivity index (χ3v) is 5.11. The smallest absolute Gasteiger partial charge is 0.234 e. The van der Waals surface area contributed by atoms with Gasteiger partial charge in [0.1, 0.15) is 0 Å². The van der Waals surface area contributed by atoms with Gasteiger partial charge in [-0.25, -0.2) is 0 Å². The number of carbonyl (C=O) groups excluding carboxylic acids is 2. The average Bonchev–Trinajstić information content (AvgIpc) is 2.55. The van der Waals surface area contributed by atoms with Crippen molar-refractivity contribution in [1.82, 2.24) is 0 Å². The first kappa shape index (κ1) is 21.6. The van der Waals surface area contributed by atoms with Crippen molar-refractivity contribution >= 4 is 58.2 Å². The zero-order valence-electron chi connectivity index (χ0n) is 15.4. The summed E-state index contributed by atoms with van der Waals surface area (Å²) in [5.41, 5.74) is 1.25. The largest absolute Gasteiger partial charge is 0.326 e. The van der Waals surface area contributed by atoms with Crippen LogP contribution in [0.3, 0.4) is 0 Å². The molecule has 0 aliphatic carbocycles. The van der Waals surface area contributed by atoms with Crippen molar-refractivity contribution in [2.75, 3.05) is 16.4 Å². The molecule has 27 heavy (non-hydrogen) atoms. The molecule has 0 aliphatic rings. The number of rotatable bonds is 6. The summed E-state index contributed by atoms with van der Waals surface area (Å²) in [5, 5.41) is 6.51. The number of benzene rings is 2. The second-order valence-corrected chi connectivity index (χ2v) is 9.14. The Bertz CT molecular complexity index is 835. The molecular weight excluding hydrogens is 403 g/mol. The van der Waals surface area contributed by atoms with Crippen LogP contribution in [-0.4, -0.2) is 17.6 Å². The minimum atomic E-state index is -0.152. The molecule has 0 heterocycles. The van der Waals surface area contributed by atoms with Crippen molar-refractivity contribution in [3.63, 3.8) is 0 Å². The molecule has 4 nitrogen and oxygen atoms in total. The maximum Gasteiger partial charge on any atom is 0.234 e. The maximum absolute atomic E-state index is 12.1. The Balaban J connectivity index is 1.89. The van der Waals surface area contributed by atoms with Crippen LogP contribution >= 0.6 is 35.0 Å². The van der Waals surface area contributed by atoms with Gasteiger partial charge in [0, 0.05) is 22.7 Å². The fourth-order valence-corrected chi connectivity index (χ4v) is 3.32. The Morgan fingerprint density at radius 1 is 0.926 bits per heavy atom. The lowest BCUT2D eigenvalue weighted by atomic mass is 9.92. The van der Waals surface area contributed by atoms with Gasteiger partial charge in [0.05, 0.1) is 15.8 Å². The normalized spacial score (nSPS) is 11.1. The molecule has 0 radical (unpaired) electrons. The van der Waals surface area contributed by atoms with Gasteiger partial charge in [-0.15, -0.1) is 11.8 Å². The molecule has 0 fully saturated rings. The van der Waals surface area contributed by atoms with Crippen LogP contribution in [-0.2, 0) is 9.59 Å². The molecule has 0 atom stereocenters. The maximum atomic E-state index is 12.1. The number of amides is 2. The van der Waals surface area contributed by atoms with E-state index in [9.17, 15) is 9.59 Å². The van der Waals surface area contributed by atoms with Crippen LogP contribution in [0.5, 0.6) is 0 Å². The van der Waals surface area contributed by atoms with Gasteiger partial charge >= 0.3 is 0 Å². The van der Waals surface area contributed by atoms with Gasteiger partial charge in [0.2, 0.25) is 11.8 Å². The minimum absolute atomic E-state index is 0.0259. The molecule has 2 amide bonds. The molecule has 0 saturated carbocycles. The molecule has 0 saturated heterocycles. The van der Waals surface area contributed by atoms with E-state index in [4.69, 9.17) is 23.2 Å². The van der Waals surface area contributed by atoms with Gasteiger partial charge in [0.25, 0.3) is 0 Å². The van der Waals surface area contributed by atoms with E-state index < -0.39 is 0 Å². The van der Waals surface area contributed by atoms with Crippen LogP contribution in [0, 0.1) is 5.41 Å². The Labute approximate surface area is 174 Å². The number of nitrogens with one attached hydrogen (secondary N) is 2. The molecule has 0 aromatic heterocycles. The van der Waals surface area contributed by atoms with Crippen molar-refractivity contribution < 1.29 is 9.59 Å². The van der Waals surface area contributed by atoms with Gasteiger partial charge in [-0.1, -0.05) is 50.0 Å². The first-order valence-electron chi connectivity index (χ1n) is 8.40. The van der Waals surface area contributed by atoms with Gasteiger partial charge in [-0.3, -0.25) is 9.59 Å². The number of hydrogen-bond acceptors (Lipinski definition) is 3. The fourth-order valence-electron chi connectivity index (χ4n) is 2.27. The summed E-state index contributed by atoms with van der Waals surface area (Å²) >= 11 is 13.2. The second-order valence-electron chi connectivity index (χ2n) is 7.28. The molecule has 144 valence electrons. The highest BCUT2D eigenvalue weighted by atomic mass is 35.5. The first-order valence-corrected chi connectivity index (χ1v) is 10.1. The van der Waals surface area contributed by atoms with Gasteiger partial charge in [-0.2, -0.15) is 0 Å². The van der Waals surface area contributed by atoms with Crippen molar-refractivity contribution in [2.24, 2.45) is 5.41 Å². The van der Waals surface area contributed by atoms with E-state index in [1.54, 1.807) is 18.2 Å². The SMILES string of the molecule is CC(C)(C)CC(=O)Nc1cccc(SCC(=O)Nc2ccc(Cl)c(Cl)c2)c1. The quantitative estimate of drug-likeness (QED) is 0.550. The zero-order valence-corrected chi connectivity index (χ0v) is 17.8. The minimum Gasteiger partial charge on any atom is -0.326 e. The third kappa shape index (κ3) is 7.83. The van der Waals surface area contributed by atoms with Gasteiger partial charge < -0.3 is 10.6 Å². The molecule has 2 aromatic carbocycles. The lowest BCUT2D eigenvalue weighted by Crippen LogP contribution is -2.19. The van der Waals surface area contributed by atoms with Crippen LogP contribution < -0.4 is 10.6 Å². The van der Waals surface area contributed by atoms with Crippen molar-refractivity contribution in [3.8, 4) is 0 Å². The monoisotopic (exact) mass is 424 g/mol. The highest BCUT2D eigenvalue weighted by Gasteiger charge is 2.16. The Morgan fingerprint density at radius 2 is 1.59 bits per heavy atom. The van der Waals surface area contributed by atoms with E-state index >= 15 is 0 Å². The van der Waals surface area contributed by atoms with E-state index in [2.05, 4.69) is 10.6 Å². The highest BCUT2D eigenvalue weighted by molar-refractivity contribution is 8.00. The van der Waals surface area contributed by atoms with Gasteiger partial charge in [-0.05, 0) is 41.8 Å². The predicted octanol–water partition coefficient (Wildman–Crippen LogP) is 6.10. The van der Waals surface area contributed by atoms with E-state index in [-0.39, 0.29) is 23.0 Å². The average molecular weight is 425 g/mol. The van der Waals surface area contributed by atoms with E-state index in [1.165, 1.54) is 11.8 Å². The molecule has 2 aromatic rings. The standard InChI is InChI=1S/C20H22Cl2N2O2S/c1-20(2,3)11-18(25)23-13-5-4-6-15(9-13)27-12-19(26)24-14-7-8-16(21)17(22)10-14/h4-10H,11-12H2,1-3H3,(H,23,25)(H,24,26). The molecular formula is C20H22Cl2N2O2S. The Kier molecular flexibility index (Phi) is 7.59. The lowest BCUT2D eigenvalue weighted by molar-refractivity contribution is -0.118. The summed E-state index contributed by atoms with van der Waals surface area (Å²) in [7, 11) is 0. The van der Waals surface area contributed by atoms with Crippen LogP contribution in [0.2, 0.25) is 10.0 Å². The van der Waals surface area contributed by atoms with E-state index in [1.807, 2.05) is 45.0 Å². The number of hydrogen-bond donors (Lipinski definition) is 2. The van der Waals surface area contributed by atoms with Gasteiger partial charge in [0.15, 0.2) is 0 Å². The molecule has 7 heteroatoms. The van der Waals surface area contributed by atoms with Crippen molar-refractivity contribution in [2.45, 2.75) is 32.1 Å². The molecule has 0 aliphatic heterocycles. The summed E-state index contributed by atoms with van der Waals surface area (Å²) in [6.07, 6.45) is 0.441. The zero-order chi connectivity index (χ0) is 20.0. The first-order chi connectivity index (χ1) is 12.6. The highest BCUT2D eigenvalue weighted by Crippen LogP contribution is 2.26. The fraction of sp³-hybridized carbons (Fsp3) is 0.300. The third-order valence-electron chi connectivity index (χ3n) is 3.38. The number of anilines is 2. The number of thioether (sulfide) groups is 1. The van der Waals surface area contributed by atoms with Crippen LogP contribution in [0.4, 0.5) is 11.4 Å². The van der Waals surface area contributed by atoms with E-state index in [0.717, 1.165) is 10.6 Å². The van der Waals surface area contributed by atoms with Crippen LogP contribution in [0.1, 0.15) is 27.2 Å². The lowest BCUT2D eigenvalue weighted by Gasteiger charge is -2.17. The van der Waals surface area contributed by atoms with Crippen LogP contribution in [0.15, 0.2) is 47.4 Å². The Morgan fingerprint density at radius 3 is 2.26 bits per heavy atom. The Hall–Kier alpha value is -1.69.